The van der Waals surface area contributed by atoms with Crippen molar-refractivity contribution < 1.29 is 9.53 Å². The van der Waals surface area contributed by atoms with E-state index in [1.54, 1.807) is 11.5 Å². The molecule has 23 heavy (non-hydrogen) atoms. The molecule has 0 amide bonds. The van der Waals surface area contributed by atoms with E-state index in [2.05, 4.69) is 10.1 Å². The predicted molar refractivity (Wildman–Crippen MR) is 84.2 cm³/mol. The summed E-state index contributed by atoms with van der Waals surface area (Å²) in [6.45, 7) is 3.68. The molecule has 2 heterocycles. The van der Waals surface area contributed by atoms with Crippen molar-refractivity contribution in [3.8, 4) is 11.4 Å². The average molecular weight is 312 g/mol. The van der Waals surface area contributed by atoms with Gasteiger partial charge in [0.25, 0.3) is 5.56 Å². The first kappa shape index (κ1) is 15.0. The van der Waals surface area contributed by atoms with Gasteiger partial charge in [0.05, 0.1) is 7.11 Å². The van der Waals surface area contributed by atoms with Gasteiger partial charge in [-0.2, -0.15) is 9.50 Å². The number of aromatic nitrogens is 4. The maximum absolute atomic E-state index is 12.1. The van der Waals surface area contributed by atoms with Crippen molar-refractivity contribution in [1.82, 2.24) is 19.2 Å². The van der Waals surface area contributed by atoms with Crippen LogP contribution in [0.5, 0.6) is 0 Å². The highest BCUT2D eigenvalue weighted by Crippen LogP contribution is 2.17. The molecule has 2 aromatic heterocycles. The average Bonchev–Trinajstić information content (AvgIpc) is 2.97. The van der Waals surface area contributed by atoms with Crippen LogP contribution in [-0.4, -0.2) is 32.2 Å². The molecular formula is C16H16N4O3. The van der Waals surface area contributed by atoms with Crippen molar-refractivity contribution in [1.29, 1.82) is 0 Å². The summed E-state index contributed by atoms with van der Waals surface area (Å²) in [4.78, 5) is 28.2. The number of benzene rings is 1. The number of hydrogen-bond donors (Lipinski definition) is 0. The third-order valence-electron chi connectivity index (χ3n) is 3.59. The summed E-state index contributed by atoms with van der Waals surface area (Å²) >= 11 is 0. The van der Waals surface area contributed by atoms with E-state index in [1.807, 2.05) is 31.2 Å². The van der Waals surface area contributed by atoms with Crippen LogP contribution in [0.25, 0.3) is 17.2 Å². The standard InChI is InChI=1S/C16H16N4O3/c1-10-5-4-6-12(7-10)15-17-16-19(9-14(22)23-3)11(2)8-13(21)20(16)18-15/h4-8H,9H2,1-3H3. The van der Waals surface area contributed by atoms with Crippen LogP contribution in [0.3, 0.4) is 0 Å². The second-order valence-electron chi connectivity index (χ2n) is 5.30. The van der Waals surface area contributed by atoms with Gasteiger partial charge in [0.1, 0.15) is 6.54 Å². The molecule has 0 N–H and O–H groups in total. The maximum Gasteiger partial charge on any atom is 0.325 e. The summed E-state index contributed by atoms with van der Waals surface area (Å²) in [6.07, 6.45) is 0. The maximum atomic E-state index is 12.1. The van der Waals surface area contributed by atoms with E-state index in [0.717, 1.165) is 11.1 Å². The number of ether oxygens (including phenoxy) is 1. The number of methoxy groups -OCH3 is 1. The lowest BCUT2D eigenvalue weighted by atomic mass is 10.1. The van der Waals surface area contributed by atoms with E-state index in [4.69, 9.17) is 4.74 Å². The molecule has 7 heteroatoms. The summed E-state index contributed by atoms with van der Waals surface area (Å²) in [5.74, 6) is 0.339. The normalized spacial score (nSPS) is 10.9. The van der Waals surface area contributed by atoms with Crippen molar-refractivity contribution in [3.05, 3.63) is 51.9 Å². The largest absolute Gasteiger partial charge is 0.468 e. The van der Waals surface area contributed by atoms with E-state index in [9.17, 15) is 9.59 Å². The first-order valence-corrected chi connectivity index (χ1v) is 7.10. The molecule has 0 radical (unpaired) electrons. The second-order valence-corrected chi connectivity index (χ2v) is 5.30. The molecule has 3 rings (SSSR count). The van der Waals surface area contributed by atoms with Crippen LogP contribution < -0.4 is 5.56 Å². The Morgan fingerprint density at radius 3 is 2.74 bits per heavy atom. The van der Waals surface area contributed by atoms with Gasteiger partial charge < -0.3 is 9.30 Å². The number of carbonyl (C=O) groups is 1. The minimum absolute atomic E-state index is 0.0297. The molecule has 0 saturated carbocycles. The smallest absolute Gasteiger partial charge is 0.325 e. The lowest BCUT2D eigenvalue weighted by molar-refractivity contribution is -0.141. The number of carbonyl (C=O) groups excluding carboxylic acids is 1. The minimum atomic E-state index is -0.418. The molecule has 0 spiro atoms. The molecule has 0 fully saturated rings. The molecule has 0 bridgehead atoms. The molecule has 0 aliphatic rings. The molecule has 0 unspecified atom stereocenters. The van der Waals surface area contributed by atoms with Crippen molar-refractivity contribution in [2.24, 2.45) is 0 Å². The zero-order chi connectivity index (χ0) is 16.6. The molecule has 1 aromatic carbocycles. The molecule has 0 aliphatic carbocycles. The van der Waals surface area contributed by atoms with Crippen LogP contribution in [0.15, 0.2) is 35.1 Å². The lowest BCUT2D eigenvalue weighted by Crippen LogP contribution is -2.23. The fraction of sp³-hybridized carbons (Fsp3) is 0.250. The van der Waals surface area contributed by atoms with E-state index in [1.165, 1.54) is 17.7 Å². The van der Waals surface area contributed by atoms with E-state index in [-0.39, 0.29) is 12.1 Å². The fourth-order valence-electron chi connectivity index (χ4n) is 2.40. The molecule has 0 atom stereocenters. The van der Waals surface area contributed by atoms with Crippen LogP contribution in [0, 0.1) is 13.8 Å². The third-order valence-corrected chi connectivity index (χ3v) is 3.59. The Balaban J connectivity index is 2.22. The highest BCUT2D eigenvalue weighted by Gasteiger charge is 2.15. The summed E-state index contributed by atoms with van der Waals surface area (Å²) < 4.78 is 7.51. The van der Waals surface area contributed by atoms with Crippen molar-refractivity contribution in [3.63, 3.8) is 0 Å². The summed E-state index contributed by atoms with van der Waals surface area (Å²) in [7, 11) is 1.32. The third kappa shape index (κ3) is 2.73. The zero-order valence-corrected chi connectivity index (χ0v) is 13.1. The first-order chi connectivity index (χ1) is 11.0. The van der Waals surface area contributed by atoms with Crippen LogP contribution in [-0.2, 0) is 16.1 Å². The lowest BCUT2D eigenvalue weighted by Gasteiger charge is -2.09. The van der Waals surface area contributed by atoms with Gasteiger partial charge in [-0.3, -0.25) is 9.59 Å². The molecular weight excluding hydrogens is 296 g/mol. The Kier molecular flexibility index (Phi) is 3.69. The van der Waals surface area contributed by atoms with E-state index in [0.29, 0.717) is 17.3 Å². The minimum Gasteiger partial charge on any atom is -0.468 e. The van der Waals surface area contributed by atoms with Gasteiger partial charge in [-0.1, -0.05) is 23.8 Å². The molecule has 7 nitrogen and oxygen atoms in total. The summed E-state index contributed by atoms with van der Waals surface area (Å²) in [5, 5.41) is 4.28. The Hall–Kier alpha value is -2.96. The summed E-state index contributed by atoms with van der Waals surface area (Å²) in [6, 6.07) is 9.12. The number of hydrogen-bond acceptors (Lipinski definition) is 5. The number of fused-ring (bicyclic) bond motifs is 1. The zero-order valence-electron chi connectivity index (χ0n) is 13.1. The molecule has 118 valence electrons. The van der Waals surface area contributed by atoms with E-state index >= 15 is 0 Å². The van der Waals surface area contributed by atoms with Crippen LogP contribution in [0.1, 0.15) is 11.3 Å². The van der Waals surface area contributed by atoms with E-state index < -0.39 is 5.97 Å². The number of rotatable bonds is 3. The van der Waals surface area contributed by atoms with Gasteiger partial charge in [0.2, 0.25) is 5.78 Å². The topological polar surface area (TPSA) is 78.5 Å². The van der Waals surface area contributed by atoms with Crippen LogP contribution in [0.4, 0.5) is 0 Å². The van der Waals surface area contributed by atoms with Gasteiger partial charge in [-0.15, -0.1) is 5.10 Å². The second kappa shape index (κ2) is 5.68. The van der Waals surface area contributed by atoms with Crippen LogP contribution >= 0.6 is 0 Å². The SMILES string of the molecule is COC(=O)Cn1c(C)cc(=O)n2nc(-c3cccc(C)c3)nc12. The van der Waals surface area contributed by atoms with Crippen molar-refractivity contribution >= 4 is 11.7 Å². The molecule has 0 aliphatic heterocycles. The summed E-state index contributed by atoms with van der Waals surface area (Å²) in [5.41, 5.74) is 2.22. The Morgan fingerprint density at radius 1 is 1.26 bits per heavy atom. The fourth-order valence-corrected chi connectivity index (χ4v) is 2.40. The van der Waals surface area contributed by atoms with Gasteiger partial charge in [-0.25, -0.2) is 0 Å². The Bertz CT molecular complexity index is 956. The molecule has 3 aromatic rings. The van der Waals surface area contributed by atoms with Crippen molar-refractivity contribution in [2.75, 3.05) is 7.11 Å². The Morgan fingerprint density at radius 2 is 2.04 bits per heavy atom. The molecule has 0 saturated heterocycles. The Labute approximate surface area is 132 Å². The number of aryl methyl sites for hydroxylation is 2. The van der Waals surface area contributed by atoms with Gasteiger partial charge in [-0.05, 0) is 19.9 Å². The van der Waals surface area contributed by atoms with Gasteiger partial charge in [0, 0.05) is 17.3 Å². The van der Waals surface area contributed by atoms with Gasteiger partial charge >= 0.3 is 5.97 Å². The monoisotopic (exact) mass is 312 g/mol. The van der Waals surface area contributed by atoms with Crippen LogP contribution in [0.2, 0.25) is 0 Å². The van der Waals surface area contributed by atoms with Gasteiger partial charge in [0.15, 0.2) is 5.82 Å². The highest BCUT2D eigenvalue weighted by atomic mass is 16.5. The quantitative estimate of drug-likeness (QED) is 0.682. The highest BCUT2D eigenvalue weighted by molar-refractivity contribution is 5.70. The van der Waals surface area contributed by atoms with Crippen molar-refractivity contribution in [2.45, 2.75) is 20.4 Å². The first-order valence-electron chi connectivity index (χ1n) is 7.10. The predicted octanol–water partition coefficient (Wildman–Crippen LogP) is 1.35. The number of nitrogens with zero attached hydrogens (tertiary/aromatic N) is 4. The number of esters is 1.